The Bertz CT molecular complexity index is 778. The average Bonchev–Trinajstić information content (AvgIpc) is 2.68. The number of benzene rings is 2. The third-order valence-corrected chi connectivity index (χ3v) is 4.64. The van der Waals surface area contributed by atoms with Crippen LogP contribution >= 0.6 is 0 Å². The van der Waals surface area contributed by atoms with Gasteiger partial charge in [-0.1, -0.05) is 80.4 Å². The average molecular weight is 362 g/mol. The van der Waals surface area contributed by atoms with Gasteiger partial charge in [-0.3, -0.25) is 9.59 Å². The van der Waals surface area contributed by atoms with Gasteiger partial charge < -0.3 is 10.6 Å². The van der Waals surface area contributed by atoms with Crippen molar-refractivity contribution in [2.75, 3.05) is 6.67 Å². The van der Waals surface area contributed by atoms with Crippen molar-refractivity contribution in [2.24, 2.45) is 5.92 Å². The summed E-state index contributed by atoms with van der Waals surface area (Å²) in [7, 11) is 0. The molecule has 0 bridgehead atoms. The van der Waals surface area contributed by atoms with E-state index in [0.717, 1.165) is 11.1 Å². The number of carbonyl (C=O) groups excluding carboxylic acids is 2. The first-order valence-corrected chi connectivity index (χ1v) is 9.09. The van der Waals surface area contributed by atoms with Crippen LogP contribution in [-0.4, -0.2) is 18.5 Å². The van der Waals surface area contributed by atoms with Gasteiger partial charge in [0, 0.05) is 0 Å². The lowest BCUT2D eigenvalue weighted by molar-refractivity contribution is -0.127. The maximum atomic E-state index is 13.4. The second-order valence-corrected chi connectivity index (χ2v) is 6.58. The van der Waals surface area contributed by atoms with Crippen molar-refractivity contribution in [3.8, 4) is 11.8 Å². The van der Waals surface area contributed by atoms with Crippen LogP contribution < -0.4 is 10.6 Å². The van der Waals surface area contributed by atoms with E-state index in [2.05, 4.69) is 22.5 Å². The van der Waals surface area contributed by atoms with E-state index < -0.39 is 5.41 Å². The predicted molar refractivity (Wildman–Crippen MR) is 108 cm³/mol. The molecule has 0 heterocycles. The smallest absolute Gasteiger partial charge is 0.236 e. The molecule has 0 spiro atoms. The maximum Gasteiger partial charge on any atom is 0.236 e. The summed E-state index contributed by atoms with van der Waals surface area (Å²) in [5.41, 5.74) is 0.995. The van der Waals surface area contributed by atoms with Gasteiger partial charge in [0.05, 0.1) is 13.1 Å². The zero-order chi connectivity index (χ0) is 19.7. The zero-order valence-electron chi connectivity index (χ0n) is 16.1. The Morgan fingerprint density at radius 2 is 1.44 bits per heavy atom. The van der Waals surface area contributed by atoms with Crippen LogP contribution in [0.1, 0.15) is 38.3 Å². The van der Waals surface area contributed by atoms with E-state index in [1.165, 1.54) is 0 Å². The fraction of sp³-hybridized carbons (Fsp3) is 0.304. The fourth-order valence-electron chi connectivity index (χ4n) is 3.35. The summed E-state index contributed by atoms with van der Waals surface area (Å²) in [6, 6.07) is 19.5. The number of rotatable bonds is 7. The number of hydrogen-bond donors (Lipinski definition) is 2. The third-order valence-electron chi connectivity index (χ3n) is 4.64. The fourth-order valence-corrected chi connectivity index (χ4v) is 3.35. The zero-order valence-corrected chi connectivity index (χ0v) is 16.1. The predicted octanol–water partition coefficient (Wildman–Crippen LogP) is 3.23. The lowest BCUT2D eigenvalue weighted by Crippen LogP contribution is -2.51. The molecule has 2 N–H and O–H groups in total. The largest absolute Gasteiger partial charge is 0.338 e. The van der Waals surface area contributed by atoms with E-state index in [-0.39, 0.29) is 30.8 Å². The molecule has 0 aliphatic rings. The lowest BCUT2D eigenvalue weighted by Gasteiger charge is -2.37. The van der Waals surface area contributed by atoms with Gasteiger partial charge in [0.25, 0.3) is 0 Å². The summed E-state index contributed by atoms with van der Waals surface area (Å²) >= 11 is 0. The minimum absolute atomic E-state index is 0.00367. The molecule has 0 unspecified atom stereocenters. The molecule has 0 aliphatic carbocycles. The molecule has 0 saturated carbocycles. The Kier molecular flexibility index (Phi) is 7.19. The van der Waals surface area contributed by atoms with Crippen molar-refractivity contribution in [1.29, 1.82) is 0 Å². The molecule has 4 nitrogen and oxygen atoms in total. The SMILES string of the molecule is CC#CCC(=O)NCNC(=O)C(c1ccccc1)(c1ccccc1)C(C)C. The molecule has 0 atom stereocenters. The third kappa shape index (κ3) is 4.57. The highest BCUT2D eigenvalue weighted by Gasteiger charge is 2.44. The van der Waals surface area contributed by atoms with Gasteiger partial charge >= 0.3 is 0 Å². The van der Waals surface area contributed by atoms with E-state index in [4.69, 9.17) is 0 Å². The quantitative estimate of drug-likeness (QED) is 0.587. The Hall–Kier alpha value is -3.06. The van der Waals surface area contributed by atoms with Crippen molar-refractivity contribution < 1.29 is 9.59 Å². The van der Waals surface area contributed by atoms with Crippen molar-refractivity contribution in [3.63, 3.8) is 0 Å². The Morgan fingerprint density at radius 3 is 1.89 bits per heavy atom. The van der Waals surface area contributed by atoms with Crippen LogP contribution in [0, 0.1) is 17.8 Å². The van der Waals surface area contributed by atoms with Gasteiger partial charge in [-0.05, 0) is 24.0 Å². The molecule has 4 heteroatoms. The highest BCUT2D eigenvalue weighted by molar-refractivity contribution is 5.92. The van der Waals surface area contributed by atoms with Crippen molar-refractivity contribution in [2.45, 2.75) is 32.6 Å². The second-order valence-electron chi connectivity index (χ2n) is 6.58. The molecule has 140 valence electrons. The van der Waals surface area contributed by atoms with Crippen LogP contribution in [-0.2, 0) is 15.0 Å². The minimum atomic E-state index is -0.851. The summed E-state index contributed by atoms with van der Waals surface area (Å²) in [5.74, 6) is 5.05. The first kappa shape index (κ1) is 20.3. The van der Waals surface area contributed by atoms with Crippen LogP contribution in [0.25, 0.3) is 0 Å². The monoisotopic (exact) mass is 362 g/mol. The topological polar surface area (TPSA) is 58.2 Å². The normalized spacial score (nSPS) is 10.7. The summed E-state index contributed by atoms with van der Waals surface area (Å²) in [6.07, 6.45) is 0.124. The van der Waals surface area contributed by atoms with Gasteiger partial charge in [-0.25, -0.2) is 0 Å². The lowest BCUT2D eigenvalue weighted by atomic mass is 9.66. The summed E-state index contributed by atoms with van der Waals surface area (Å²) < 4.78 is 0. The summed E-state index contributed by atoms with van der Waals surface area (Å²) in [5, 5.41) is 5.58. The molecule has 2 rings (SSSR count). The van der Waals surface area contributed by atoms with E-state index in [9.17, 15) is 9.59 Å². The van der Waals surface area contributed by atoms with Crippen molar-refractivity contribution >= 4 is 11.8 Å². The van der Waals surface area contributed by atoms with Crippen molar-refractivity contribution in [3.05, 3.63) is 71.8 Å². The molecule has 0 saturated heterocycles. The summed E-state index contributed by atoms with van der Waals surface area (Å²) in [4.78, 5) is 25.2. The van der Waals surface area contributed by atoms with Crippen LogP contribution in [0.2, 0.25) is 0 Å². The molecule has 2 aromatic carbocycles. The molecule has 0 radical (unpaired) electrons. The molecule has 2 amide bonds. The molecule has 0 aliphatic heterocycles. The first-order valence-electron chi connectivity index (χ1n) is 9.09. The molecule has 2 aromatic rings. The van der Waals surface area contributed by atoms with Crippen LogP contribution in [0.15, 0.2) is 60.7 Å². The summed E-state index contributed by atoms with van der Waals surface area (Å²) in [6.45, 7) is 5.83. The van der Waals surface area contributed by atoms with Crippen LogP contribution in [0.4, 0.5) is 0 Å². The minimum Gasteiger partial charge on any atom is -0.338 e. The van der Waals surface area contributed by atoms with E-state index in [1.807, 2.05) is 74.5 Å². The number of amides is 2. The highest BCUT2D eigenvalue weighted by atomic mass is 16.2. The van der Waals surface area contributed by atoms with E-state index >= 15 is 0 Å². The number of carbonyl (C=O) groups is 2. The Balaban J connectivity index is 2.33. The molecule has 0 fully saturated rings. The first-order chi connectivity index (χ1) is 13.0. The van der Waals surface area contributed by atoms with Gasteiger partial charge in [0.15, 0.2) is 0 Å². The van der Waals surface area contributed by atoms with Gasteiger partial charge in [0.2, 0.25) is 11.8 Å². The number of hydrogen-bond acceptors (Lipinski definition) is 2. The highest BCUT2D eigenvalue weighted by Crippen LogP contribution is 2.39. The number of nitrogens with one attached hydrogen (secondary N) is 2. The Morgan fingerprint density at radius 1 is 0.926 bits per heavy atom. The van der Waals surface area contributed by atoms with Gasteiger partial charge in [-0.15, -0.1) is 5.92 Å². The van der Waals surface area contributed by atoms with Crippen LogP contribution in [0.5, 0.6) is 0 Å². The maximum absolute atomic E-state index is 13.4. The van der Waals surface area contributed by atoms with Gasteiger partial charge in [-0.2, -0.15) is 0 Å². The van der Waals surface area contributed by atoms with Crippen molar-refractivity contribution in [1.82, 2.24) is 10.6 Å². The van der Waals surface area contributed by atoms with E-state index in [1.54, 1.807) is 6.92 Å². The van der Waals surface area contributed by atoms with Crippen LogP contribution in [0.3, 0.4) is 0 Å². The Labute approximate surface area is 161 Å². The van der Waals surface area contributed by atoms with E-state index in [0.29, 0.717) is 0 Å². The van der Waals surface area contributed by atoms with Gasteiger partial charge in [0.1, 0.15) is 5.41 Å². The molecule has 27 heavy (non-hydrogen) atoms. The molecular formula is C23H26N2O2. The molecule has 0 aromatic heterocycles. The second kappa shape index (κ2) is 9.59. The molecular weight excluding hydrogens is 336 g/mol. The standard InChI is InChI=1S/C23H26N2O2/c1-4-5-16-21(26)24-17-25-22(27)23(18(2)3,19-12-8-6-9-13-19)20-14-10-7-11-15-20/h6-15,18H,16-17H2,1-3H3,(H,24,26)(H,25,27).